The summed E-state index contributed by atoms with van der Waals surface area (Å²) < 4.78 is 1.15. The van der Waals surface area contributed by atoms with Crippen LogP contribution < -0.4 is 11.3 Å². The van der Waals surface area contributed by atoms with E-state index in [4.69, 9.17) is 5.84 Å². The van der Waals surface area contributed by atoms with E-state index in [1.165, 1.54) is 10.4 Å². The molecule has 0 bridgehead atoms. The predicted octanol–water partition coefficient (Wildman–Crippen LogP) is 3.92. The van der Waals surface area contributed by atoms with E-state index in [9.17, 15) is 0 Å². The van der Waals surface area contributed by atoms with E-state index in [0.29, 0.717) is 0 Å². The van der Waals surface area contributed by atoms with E-state index in [1.807, 2.05) is 12.1 Å². The highest BCUT2D eigenvalue weighted by molar-refractivity contribution is 9.11. The fraction of sp³-hybridized carbons (Fsp3) is 0.133. The molecule has 2 heterocycles. The number of aryl methyl sites for hydroxylation is 1. The second kappa shape index (κ2) is 5.61. The number of hydrogen-bond donors (Lipinski definition) is 2. The number of nitrogens with zero attached hydrogens (tertiary/aromatic N) is 1. The normalized spacial score (nSPS) is 12.8. The molecule has 0 aliphatic heterocycles. The second-order valence-corrected chi connectivity index (χ2v) is 7.06. The summed E-state index contributed by atoms with van der Waals surface area (Å²) in [6, 6.07) is 12.4. The molecule has 0 saturated heterocycles. The molecule has 3 nitrogen and oxygen atoms in total. The van der Waals surface area contributed by atoms with Crippen LogP contribution in [-0.4, -0.2) is 4.98 Å². The molecule has 2 aromatic heterocycles. The van der Waals surface area contributed by atoms with E-state index >= 15 is 0 Å². The molecule has 0 aliphatic rings. The number of fused-ring (bicyclic) bond motifs is 1. The molecule has 1 aromatic carbocycles. The molecular formula is C15H14BrN3S. The zero-order valence-corrected chi connectivity index (χ0v) is 13.3. The molecule has 0 radical (unpaired) electrons. The van der Waals surface area contributed by atoms with Gasteiger partial charge >= 0.3 is 0 Å². The fourth-order valence-electron chi connectivity index (χ4n) is 2.24. The highest BCUT2D eigenvalue weighted by Gasteiger charge is 2.16. The van der Waals surface area contributed by atoms with Crippen LogP contribution in [0, 0.1) is 6.92 Å². The Labute approximate surface area is 129 Å². The van der Waals surface area contributed by atoms with Crippen molar-refractivity contribution in [3.05, 3.63) is 62.4 Å². The molecule has 0 fully saturated rings. The van der Waals surface area contributed by atoms with Crippen molar-refractivity contribution in [2.24, 2.45) is 5.84 Å². The van der Waals surface area contributed by atoms with Crippen molar-refractivity contribution in [3.63, 3.8) is 0 Å². The number of hydrogen-bond acceptors (Lipinski definition) is 4. The number of thiophene rings is 1. The van der Waals surface area contributed by atoms with Crippen LogP contribution in [0.5, 0.6) is 0 Å². The van der Waals surface area contributed by atoms with Crippen molar-refractivity contribution in [3.8, 4) is 0 Å². The summed E-state index contributed by atoms with van der Waals surface area (Å²) in [5.74, 6) is 5.77. The maximum atomic E-state index is 5.77. The zero-order chi connectivity index (χ0) is 14.1. The number of nitrogens with two attached hydrogens (primary N) is 1. The van der Waals surface area contributed by atoms with Crippen LogP contribution in [0.15, 0.2) is 46.4 Å². The highest BCUT2D eigenvalue weighted by atomic mass is 79.9. The molecule has 3 aromatic rings. The molecule has 3 rings (SSSR count). The number of halogens is 1. The van der Waals surface area contributed by atoms with Crippen molar-refractivity contribution in [1.82, 2.24) is 10.4 Å². The van der Waals surface area contributed by atoms with Crippen molar-refractivity contribution in [1.29, 1.82) is 0 Å². The van der Waals surface area contributed by atoms with Gasteiger partial charge in [-0.2, -0.15) is 0 Å². The standard InChI is InChI=1S/C15H14BrN3S/c1-9-7-13(20-15(9)16)14(19-17)11-4-5-12-10(8-11)3-2-6-18-12/h2-8,14,19H,17H2,1H3. The van der Waals surface area contributed by atoms with Gasteiger partial charge in [-0.3, -0.25) is 10.8 Å². The SMILES string of the molecule is Cc1cc(C(NN)c2ccc3ncccc3c2)sc1Br. The summed E-state index contributed by atoms with van der Waals surface area (Å²) in [5.41, 5.74) is 6.27. The minimum Gasteiger partial charge on any atom is -0.271 e. The summed E-state index contributed by atoms with van der Waals surface area (Å²) in [5, 5.41) is 1.12. The Bertz CT molecular complexity index is 734. The topological polar surface area (TPSA) is 50.9 Å². The van der Waals surface area contributed by atoms with Crippen LogP contribution in [-0.2, 0) is 0 Å². The molecule has 1 unspecified atom stereocenters. The minimum atomic E-state index is -0.00499. The molecule has 20 heavy (non-hydrogen) atoms. The molecule has 5 heteroatoms. The quantitative estimate of drug-likeness (QED) is 0.557. The third-order valence-corrected chi connectivity index (χ3v) is 5.49. The minimum absolute atomic E-state index is 0.00499. The van der Waals surface area contributed by atoms with Gasteiger partial charge in [0.25, 0.3) is 0 Å². The number of pyridine rings is 1. The van der Waals surface area contributed by atoms with Crippen LogP contribution in [0.3, 0.4) is 0 Å². The molecule has 3 N–H and O–H groups in total. The van der Waals surface area contributed by atoms with Gasteiger partial charge in [0, 0.05) is 16.5 Å². The third-order valence-electron chi connectivity index (χ3n) is 3.29. The molecule has 0 aliphatic carbocycles. The maximum Gasteiger partial charge on any atom is 0.0803 e. The lowest BCUT2D eigenvalue weighted by molar-refractivity contribution is 0.647. The first-order valence-electron chi connectivity index (χ1n) is 6.25. The third kappa shape index (κ3) is 2.50. The van der Waals surface area contributed by atoms with Gasteiger partial charge in [0.1, 0.15) is 0 Å². The predicted molar refractivity (Wildman–Crippen MR) is 87.7 cm³/mol. The van der Waals surface area contributed by atoms with Crippen molar-refractivity contribution < 1.29 is 0 Å². The van der Waals surface area contributed by atoms with Gasteiger partial charge in [-0.05, 0) is 58.2 Å². The molecule has 0 amide bonds. The maximum absolute atomic E-state index is 5.77. The van der Waals surface area contributed by atoms with Crippen molar-refractivity contribution >= 4 is 38.2 Å². The lowest BCUT2D eigenvalue weighted by atomic mass is 10.0. The molecule has 1 atom stereocenters. The summed E-state index contributed by atoms with van der Waals surface area (Å²) in [4.78, 5) is 5.54. The van der Waals surface area contributed by atoms with Gasteiger partial charge in [0.05, 0.1) is 15.3 Å². The molecule has 0 spiro atoms. The first-order chi connectivity index (χ1) is 9.69. The average molecular weight is 348 g/mol. The summed E-state index contributed by atoms with van der Waals surface area (Å²) in [6.45, 7) is 2.09. The Morgan fingerprint density at radius 2 is 2.15 bits per heavy atom. The lowest BCUT2D eigenvalue weighted by Crippen LogP contribution is -2.28. The Morgan fingerprint density at radius 1 is 1.30 bits per heavy atom. The fourth-order valence-corrected chi connectivity index (χ4v) is 3.90. The van der Waals surface area contributed by atoms with E-state index < -0.39 is 0 Å². The Kier molecular flexibility index (Phi) is 3.85. The van der Waals surface area contributed by atoms with Gasteiger partial charge in [0.15, 0.2) is 0 Å². The van der Waals surface area contributed by atoms with Crippen LogP contribution in [0.1, 0.15) is 22.0 Å². The van der Waals surface area contributed by atoms with Crippen LogP contribution in [0.4, 0.5) is 0 Å². The van der Waals surface area contributed by atoms with Crippen LogP contribution in [0.2, 0.25) is 0 Å². The molecule has 0 saturated carbocycles. The average Bonchev–Trinajstić information content (AvgIpc) is 2.79. The number of benzene rings is 1. The number of hydrazine groups is 1. The highest BCUT2D eigenvalue weighted by Crippen LogP contribution is 2.34. The van der Waals surface area contributed by atoms with Gasteiger partial charge < -0.3 is 0 Å². The van der Waals surface area contributed by atoms with Gasteiger partial charge in [-0.15, -0.1) is 11.3 Å². The Balaban J connectivity index is 2.06. The number of nitrogens with one attached hydrogen (secondary N) is 1. The lowest BCUT2D eigenvalue weighted by Gasteiger charge is -2.15. The van der Waals surface area contributed by atoms with E-state index in [0.717, 1.165) is 20.3 Å². The van der Waals surface area contributed by atoms with Gasteiger partial charge in [0.2, 0.25) is 0 Å². The second-order valence-electron chi connectivity index (χ2n) is 4.66. The molecular weight excluding hydrogens is 334 g/mol. The van der Waals surface area contributed by atoms with E-state index in [2.05, 4.69) is 57.5 Å². The first kappa shape index (κ1) is 13.7. The monoisotopic (exact) mass is 347 g/mol. The Hall–Kier alpha value is -1.27. The number of aromatic nitrogens is 1. The summed E-state index contributed by atoms with van der Waals surface area (Å²) >= 11 is 5.27. The van der Waals surface area contributed by atoms with E-state index in [1.54, 1.807) is 17.5 Å². The van der Waals surface area contributed by atoms with Gasteiger partial charge in [-0.25, -0.2) is 5.43 Å². The van der Waals surface area contributed by atoms with Crippen LogP contribution in [0.25, 0.3) is 10.9 Å². The molecule has 102 valence electrons. The van der Waals surface area contributed by atoms with Crippen LogP contribution >= 0.6 is 27.3 Å². The van der Waals surface area contributed by atoms with E-state index in [-0.39, 0.29) is 6.04 Å². The summed E-state index contributed by atoms with van der Waals surface area (Å²) in [7, 11) is 0. The Morgan fingerprint density at radius 3 is 2.85 bits per heavy atom. The van der Waals surface area contributed by atoms with Gasteiger partial charge in [-0.1, -0.05) is 12.1 Å². The zero-order valence-electron chi connectivity index (χ0n) is 10.9. The van der Waals surface area contributed by atoms with Crippen molar-refractivity contribution in [2.75, 3.05) is 0 Å². The smallest absolute Gasteiger partial charge is 0.0803 e. The van der Waals surface area contributed by atoms with Crippen molar-refractivity contribution in [2.45, 2.75) is 13.0 Å². The largest absolute Gasteiger partial charge is 0.271 e. The number of rotatable bonds is 3. The summed E-state index contributed by atoms with van der Waals surface area (Å²) in [6.07, 6.45) is 1.81. The first-order valence-corrected chi connectivity index (χ1v) is 7.86.